The van der Waals surface area contributed by atoms with Crippen molar-refractivity contribution in [1.29, 1.82) is 0 Å². The van der Waals surface area contributed by atoms with Crippen molar-refractivity contribution < 1.29 is 22.7 Å². The average Bonchev–Trinajstić information content (AvgIpc) is 2.78. The largest absolute Gasteiger partial charge is 0.379 e. The number of para-hydroxylation sites is 1. The zero-order chi connectivity index (χ0) is 24.1. The Labute approximate surface area is 193 Å². The first-order chi connectivity index (χ1) is 15.7. The summed E-state index contributed by atoms with van der Waals surface area (Å²) < 4.78 is 47.6. The average molecular weight is 480 g/mol. The molecule has 3 aromatic rings. The van der Waals surface area contributed by atoms with Gasteiger partial charge in [0, 0.05) is 13.2 Å². The molecule has 33 heavy (non-hydrogen) atoms. The molecule has 1 heterocycles. The number of hydrogen-bond donors (Lipinski definition) is 1. The molecular formula is C23H24F3N3O3S. The Hall–Kier alpha value is -2.85. The SMILES string of the molecule is CC(C)OCCCn1c(SC(C)C(=O)Nc2ccc(F)c(F)c2F)nc2ccccc2c1=O. The molecular weight excluding hydrogens is 455 g/mol. The number of nitrogens with zero attached hydrogens (tertiary/aromatic N) is 2. The van der Waals surface area contributed by atoms with Crippen molar-refractivity contribution in [3.05, 3.63) is 64.2 Å². The molecule has 0 aliphatic heterocycles. The van der Waals surface area contributed by atoms with Gasteiger partial charge in [-0.15, -0.1) is 0 Å². The van der Waals surface area contributed by atoms with Crippen LogP contribution in [0.3, 0.4) is 0 Å². The van der Waals surface area contributed by atoms with Crippen LogP contribution in [0.4, 0.5) is 18.9 Å². The predicted octanol–water partition coefficient (Wildman–Crippen LogP) is 4.75. The van der Waals surface area contributed by atoms with E-state index in [2.05, 4.69) is 10.3 Å². The number of aromatic nitrogens is 2. The summed E-state index contributed by atoms with van der Waals surface area (Å²) in [5, 5.41) is 2.21. The van der Waals surface area contributed by atoms with E-state index in [1.165, 1.54) is 4.57 Å². The number of anilines is 1. The molecule has 176 valence electrons. The van der Waals surface area contributed by atoms with Gasteiger partial charge in [0.15, 0.2) is 22.6 Å². The second kappa shape index (κ2) is 10.8. The van der Waals surface area contributed by atoms with Crippen LogP contribution in [0, 0.1) is 17.5 Å². The van der Waals surface area contributed by atoms with Crippen molar-refractivity contribution in [2.45, 2.75) is 50.2 Å². The smallest absolute Gasteiger partial charge is 0.262 e. The number of halogens is 3. The summed E-state index contributed by atoms with van der Waals surface area (Å²) in [5.74, 6) is -5.14. The molecule has 0 spiro atoms. The number of nitrogens with one attached hydrogen (secondary N) is 1. The minimum absolute atomic E-state index is 0.0608. The van der Waals surface area contributed by atoms with E-state index in [0.717, 1.165) is 23.9 Å². The lowest BCUT2D eigenvalue weighted by Crippen LogP contribution is -2.28. The summed E-state index contributed by atoms with van der Waals surface area (Å²) >= 11 is 1.01. The molecule has 1 unspecified atom stereocenters. The molecule has 1 N–H and O–H groups in total. The highest BCUT2D eigenvalue weighted by Gasteiger charge is 2.22. The van der Waals surface area contributed by atoms with Gasteiger partial charge in [-0.25, -0.2) is 18.2 Å². The van der Waals surface area contributed by atoms with Crippen LogP contribution in [0.2, 0.25) is 0 Å². The van der Waals surface area contributed by atoms with Crippen LogP contribution in [0.5, 0.6) is 0 Å². The lowest BCUT2D eigenvalue weighted by Gasteiger charge is -2.17. The number of hydrogen-bond acceptors (Lipinski definition) is 5. The van der Waals surface area contributed by atoms with Gasteiger partial charge in [0.25, 0.3) is 5.56 Å². The summed E-state index contributed by atoms with van der Waals surface area (Å²) in [5.41, 5.74) is -0.230. The summed E-state index contributed by atoms with van der Waals surface area (Å²) in [6, 6.07) is 8.56. The van der Waals surface area contributed by atoms with Crippen LogP contribution in [0.15, 0.2) is 46.3 Å². The van der Waals surface area contributed by atoms with Gasteiger partial charge in [-0.1, -0.05) is 23.9 Å². The van der Waals surface area contributed by atoms with Gasteiger partial charge in [-0.05, 0) is 51.5 Å². The fourth-order valence-corrected chi connectivity index (χ4v) is 3.98. The quantitative estimate of drug-likeness (QED) is 0.208. The van der Waals surface area contributed by atoms with Crippen molar-refractivity contribution in [3.8, 4) is 0 Å². The number of carbonyl (C=O) groups is 1. The maximum atomic E-state index is 13.9. The zero-order valence-corrected chi connectivity index (χ0v) is 19.2. The first-order valence-electron chi connectivity index (χ1n) is 10.4. The molecule has 0 saturated carbocycles. The topological polar surface area (TPSA) is 73.2 Å². The third kappa shape index (κ3) is 5.94. The summed E-state index contributed by atoms with van der Waals surface area (Å²) in [6.07, 6.45) is 0.623. The third-order valence-electron chi connectivity index (χ3n) is 4.75. The predicted molar refractivity (Wildman–Crippen MR) is 122 cm³/mol. The lowest BCUT2D eigenvalue weighted by atomic mass is 10.2. The number of rotatable bonds is 9. The van der Waals surface area contributed by atoms with E-state index in [4.69, 9.17) is 4.74 Å². The summed E-state index contributed by atoms with van der Waals surface area (Å²) in [6.45, 7) is 6.16. The third-order valence-corrected chi connectivity index (χ3v) is 5.84. The number of fused-ring (bicyclic) bond motifs is 1. The molecule has 0 aliphatic rings. The molecule has 10 heteroatoms. The van der Waals surface area contributed by atoms with Gasteiger partial charge in [0.2, 0.25) is 5.91 Å². The van der Waals surface area contributed by atoms with E-state index < -0.39 is 34.3 Å². The number of thioether (sulfide) groups is 1. The Morgan fingerprint density at radius 2 is 1.85 bits per heavy atom. The molecule has 1 aromatic heterocycles. The van der Waals surface area contributed by atoms with Gasteiger partial charge in [-0.3, -0.25) is 14.2 Å². The van der Waals surface area contributed by atoms with E-state index in [1.807, 2.05) is 13.8 Å². The normalized spacial score (nSPS) is 12.3. The van der Waals surface area contributed by atoms with Crippen molar-refractivity contribution in [2.75, 3.05) is 11.9 Å². The van der Waals surface area contributed by atoms with Crippen LogP contribution in [-0.2, 0) is 16.1 Å². The van der Waals surface area contributed by atoms with Crippen molar-refractivity contribution in [3.63, 3.8) is 0 Å². The Morgan fingerprint density at radius 3 is 2.58 bits per heavy atom. The molecule has 6 nitrogen and oxygen atoms in total. The Bertz CT molecular complexity index is 1220. The standard InChI is InChI=1S/C23H24F3N3O3S/c1-13(2)32-12-6-11-29-22(31)15-7-4-5-8-17(15)28-23(29)33-14(3)21(30)27-18-10-9-16(24)19(25)20(18)26/h4-5,7-10,13-14H,6,11-12H2,1-3H3,(H,27,30). The van der Waals surface area contributed by atoms with Crippen molar-refractivity contribution >= 4 is 34.3 Å². The molecule has 3 rings (SSSR count). The minimum Gasteiger partial charge on any atom is -0.379 e. The number of benzene rings is 2. The van der Waals surface area contributed by atoms with E-state index >= 15 is 0 Å². The Morgan fingerprint density at radius 1 is 1.12 bits per heavy atom. The molecule has 0 bridgehead atoms. The van der Waals surface area contributed by atoms with E-state index in [-0.39, 0.29) is 11.7 Å². The maximum absolute atomic E-state index is 13.9. The van der Waals surface area contributed by atoms with Gasteiger partial charge in [-0.2, -0.15) is 0 Å². The Balaban J connectivity index is 1.84. The highest BCUT2D eigenvalue weighted by atomic mass is 32.2. The van der Waals surface area contributed by atoms with Gasteiger partial charge in [0.1, 0.15) is 0 Å². The molecule has 2 aromatic carbocycles. The first kappa shape index (κ1) is 24.8. The van der Waals surface area contributed by atoms with E-state index in [9.17, 15) is 22.8 Å². The highest BCUT2D eigenvalue weighted by Crippen LogP contribution is 2.25. The van der Waals surface area contributed by atoms with Crippen LogP contribution in [0.1, 0.15) is 27.2 Å². The molecule has 0 aliphatic carbocycles. The summed E-state index contributed by atoms with van der Waals surface area (Å²) in [7, 11) is 0. The van der Waals surface area contributed by atoms with Crippen LogP contribution >= 0.6 is 11.8 Å². The molecule has 0 saturated heterocycles. The monoisotopic (exact) mass is 479 g/mol. The second-order valence-electron chi connectivity index (χ2n) is 7.61. The lowest BCUT2D eigenvalue weighted by molar-refractivity contribution is -0.115. The molecule has 0 fully saturated rings. The minimum atomic E-state index is -1.67. The van der Waals surface area contributed by atoms with Crippen molar-refractivity contribution in [2.24, 2.45) is 0 Å². The zero-order valence-electron chi connectivity index (χ0n) is 18.4. The van der Waals surface area contributed by atoms with Crippen LogP contribution in [-0.4, -0.2) is 33.4 Å². The highest BCUT2D eigenvalue weighted by molar-refractivity contribution is 8.00. The van der Waals surface area contributed by atoms with Crippen molar-refractivity contribution in [1.82, 2.24) is 9.55 Å². The van der Waals surface area contributed by atoms with Crippen LogP contribution in [0.25, 0.3) is 10.9 Å². The number of carbonyl (C=O) groups excluding carboxylic acids is 1. The van der Waals surface area contributed by atoms with E-state index in [0.29, 0.717) is 35.6 Å². The van der Waals surface area contributed by atoms with Crippen LogP contribution < -0.4 is 10.9 Å². The van der Waals surface area contributed by atoms with E-state index in [1.54, 1.807) is 31.2 Å². The van der Waals surface area contributed by atoms with Gasteiger partial charge >= 0.3 is 0 Å². The van der Waals surface area contributed by atoms with Gasteiger partial charge < -0.3 is 10.1 Å². The first-order valence-corrected chi connectivity index (χ1v) is 11.3. The molecule has 1 amide bonds. The maximum Gasteiger partial charge on any atom is 0.262 e. The Kier molecular flexibility index (Phi) is 8.15. The number of ether oxygens (including phenoxy) is 1. The van der Waals surface area contributed by atoms with Gasteiger partial charge in [0.05, 0.1) is 27.9 Å². The number of amides is 1. The molecule has 0 radical (unpaired) electrons. The fraction of sp³-hybridized carbons (Fsp3) is 0.348. The second-order valence-corrected chi connectivity index (χ2v) is 8.92. The molecule has 1 atom stereocenters. The fourth-order valence-electron chi connectivity index (χ4n) is 3.04. The summed E-state index contributed by atoms with van der Waals surface area (Å²) in [4.78, 5) is 30.2.